The summed E-state index contributed by atoms with van der Waals surface area (Å²) >= 11 is 0. The molecule has 0 aliphatic carbocycles. The summed E-state index contributed by atoms with van der Waals surface area (Å²) < 4.78 is 44.9. The van der Waals surface area contributed by atoms with Gasteiger partial charge in [-0.05, 0) is 24.7 Å². The van der Waals surface area contributed by atoms with Crippen LogP contribution in [0.1, 0.15) is 18.2 Å². The van der Waals surface area contributed by atoms with E-state index in [0.29, 0.717) is 17.8 Å². The quantitative estimate of drug-likeness (QED) is 0.807. The fourth-order valence-electron chi connectivity index (χ4n) is 1.69. The highest BCUT2D eigenvalue weighted by molar-refractivity contribution is 7.89. The van der Waals surface area contributed by atoms with Crippen LogP contribution in [0, 0.1) is 5.82 Å². The molecular weight excluding hydrogens is 297 g/mol. The third-order valence-corrected chi connectivity index (χ3v) is 4.23. The van der Waals surface area contributed by atoms with Gasteiger partial charge in [-0.3, -0.25) is 0 Å². The minimum atomic E-state index is -3.73. The van der Waals surface area contributed by atoms with Crippen molar-refractivity contribution >= 4 is 10.0 Å². The molecule has 1 aromatic heterocycles. The number of nitrogens with zero attached hydrogens (tertiary/aromatic N) is 1. The monoisotopic (exact) mass is 313 g/mol. The van der Waals surface area contributed by atoms with E-state index in [1.54, 1.807) is 6.07 Å². The summed E-state index contributed by atoms with van der Waals surface area (Å²) in [7, 11) is -3.73. The zero-order valence-electron chi connectivity index (χ0n) is 11.5. The van der Waals surface area contributed by atoms with Gasteiger partial charge in [0.2, 0.25) is 10.0 Å². The molecule has 114 valence electrons. The maximum absolute atomic E-state index is 13.6. The molecule has 1 aromatic carbocycles. The first-order valence-corrected chi connectivity index (χ1v) is 7.89. The van der Waals surface area contributed by atoms with E-state index in [1.807, 2.05) is 6.92 Å². The Labute approximate surface area is 122 Å². The lowest BCUT2D eigenvalue weighted by Gasteiger charge is -2.09. The summed E-state index contributed by atoms with van der Waals surface area (Å²) in [4.78, 5) is 0.0142. The fraction of sp³-hybridized carbons (Fsp3) is 0.308. The Bertz CT molecular complexity index is 687. The number of hydrogen-bond donors (Lipinski definition) is 2. The van der Waals surface area contributed by atoms with E-state index in [4.69, 9.17) is 0 Å². The molecule has 0 aliphatic heterocycles. The molecule has 0 saturated carbocycles. The van der Waals surface area contributed by atoms with Crippen molar-refractivity contribution in [2.45, 2.75) is 24.9 Å². The van der Waals surface area contributed by atoms with Crippen molar-refractivity contribution in [3.8, 4) is 0 Å². The summed E-state index contributed by atoms with van der Waals surface area (Å²) in [5.41, 5.74) is 0.773. The van der Waals surface area contributed by atoms with E-state index in [1.165, 1.54) is 18.4 Å². The number of nitrogens with one attached hydrogen (secondary N) is 2. The van der Waals surface area contributed by atoms with E-state index in [0.717, 1.165) is 6.07 Å². The zero-order valence-corrected chi connectivity index (χ0v) is 12.3. The molecule has 0 amide bonds. The van der Waals surface area contributed by atoms with Gasteiger partial charge in [0.25, 0.3) is 0 Å². The first-order chi connectivity index (χ1) is 10.0. The molecule has 2 rings (SSSR count). The molecule has 2 aromatic rings. The average Bonchev–Trinajstić information content (AvgIpc) is 2.97. The highest BCUT2D eigenvalue weighted by Crippen LogP contribution is 2.15. The van der Waals surface area contributed by atoms with Crippen LogP contribution >= 0.6 is 0 Å². The van der Waals surface area contributed by atoms with Crippen molar-refractivity contribution < 1.29 is 17.3 Å². The van der Waals surface area contributed by atoms with Gasteiger partial charge in [0.15, 0.2) is 0 Å². The van der Waals surface area contributed by atoms with E-state index in [9.17, 15) is 12.8 Å². The zero-order chi connectivity index (χ0) is 15.3. The van der Waals surface area contributed by atoms with Gasteiger partial charge >= 0.3 is 0 Å². The van der Waals surface area contributed by atoms with Crippen molar-refractivity contribution in [2.24, 2.45) is 0 Å². The smallest absolute Gasteiger partial charge is 0.240 e. The Hall–Kier alpha value is -1.77. The Morgan fingerprint density at radius 3 is 2.76 bits per heavy atom. The number of hydrogen-bond acceptors (Lipinski definition) is 5. The lowest BCUT2D eigenvalue weighted by Crippen LogP contribution is -2.24. The first-order valence-electron chi connectivity index (χ1n) is 6.41. The topological polar surface area (TPSA) is 84.2 Å². The third kappa shape index (κ3) is 4.10. The van der Waals surface area contributed by atoms with Gasteiger partial charge in [-0.1, -0.05) is 12.1 Å². The Morgan fingerprint density at radius 1 is 1.29 bits per heavy atom. The summed E-state index contributed by atoms with van der Waals surface area (Å²) in [6, 6.07) is 5.26. The molecule has 0 radical (unpaired) electrons. The van der Waals surface area contributed by atoms with Gasteiger partial charge in [-0.15, -0.1) is 0 Å². The Kier molecular flexibility index (Phi) is 5.05. The SMILES string of the molecule is CCNCc1cc(S(=O)(=O)NCc2ccon2)ccc1F. The van der Waals surface area contributed by atoms with Crippen LogP contribution in [-0.2, 0) is 23.1 Å². The number of rotatable bonds is 7. The van der Waals surface area contributed by atoms with Crippen molar-refractivity contribution in [1.29, 1.82) is 0 Å². The van der Waals surface area contributed by atoms with Gasteiger partial charge in [0.1, 0.15) is 12.1 Å². The maximum Gasteiger partial charge on any atom is 0.240 e. The van der Waals surface area contributed by atoms with Crippen LogP contribution in [0.5, 0.6) is 0 Å². The van der Waals surface area contributed by atoms with Crippen molar-refractivity contribution in [3.05, 3.63) is 47.6 Å². The normalized spacial score (nSPS) is 11.7. The van der Waals surface area contributed by atoms with E-state index in [-0.39, 0.29) is 18.0 Å². The van der Waals surface area contributed by atoms with E-state index >= 15 is 0 Å². The molecule has 21 heavy (non-hydrogen) atoms. The van der Waals surface area contributed by atoms with Gasteiger partial charge in [-0.25, -0.2) is 17.5 Å². The lowest BCUT2D eigenvalue weighted by atomic mass is 10.2. The Morgan fingerprint density at radius 2 is 2.10 bits per heavy atom. The van der Waals surface area contributed by atoms with Crippen molar-refractivity contribution in [1.82, 2.24) is 15.2 Å². The summed E-state index contributed by atoms with van der Waals surface area (Å²) in [6.45, 7) is 2.84. The van der Waals surface area contributed by atoms with Gasteiger partial charge in [-0.2, -0.15) is 0 Å². The second-order valence-electron chi connectivity index (χ2n) is 4.35. The van der Waals surface area contributed by atoms with Crippen LogP contribution in [-0.4, -0.2) is 20.1 Å². The van der Waals surface area contributed by atoms with Crippen LogP contribution in [0.25, 0.3) is 0 Å². The largest absolute Gasteiger partial charge is 0.364 e. The van der Waals surface area contributed by atoms with Crippen LogP contribution in [0.2, 0.25) is 0 Å². The van der Waals surface area contributed by atoms with E-state index in [2.05, 4.69) is 19.7 Å². The van der Waals surface area contributed by atoms with Gasteiger partial charge in [0.05, 0.1) is 17.1 Å². The van der Waals surface area contributed by atoms with Crippen LogP contribution in [0.4, 0.5) is 4.39 Å². The summed E-state index contributed by atoms with van der Waals surface area (Å²) in [6.07, 6.45) is 1.36. The second kappa shape index (κ2) is 6.79. The predicted octanol–water partition coefficient (Wildman–Crippen LogP) is 1.40. The number of halogens is 1. The van der Waals surface area contributed by atoms with Crippen LogP contribution in [0.3, 0.4) is 0 Å². The van der Waals surface area contributed by atoms with Gasteiger partial charge < -0.3 is 9.84 Å². The number of aromatic nitrogens is 1. The molecule has 2 N–H and O–H groups in total. The molecule has 0 fully saturated rings. The molecular formula is C13H16FN3O3S. The molecule has 0 aliphatic rings. The standard InChI is InChI=1S/C13H16FN3O3S/c1-2-15-8-10-7-12(3-4-13(10)14)21(18,19)16-9-11-5-6-20-17-11/h3-7,15-16H,2,8-9H2,1H3. The Balaban J connectivity index is 2.15. The maximum atomic E-state index is 13.6. The first kappa shape index (κ1) is 15.6. The molecule has 1 heterocycles. The minimum absolute atomic E-state index is 0.0127. The third-order valence-electron chi connectivity index (χ3n) is 2.83. The molecule has 0 saturated heterocycles. The van der Waals surface area contributed by atoms with Crippen LogP contribution < -0.4 is 10.0 Å². The summed E-state index contributed by atoms with van der Waals surface area (Å²) in [5, 5.41) is 6.57. The second-order valence-corrected chi connectivity index (χ2v) is 6.12. The average molecular weight is 313 g/mol. The highest BCUT2D eigenvalue weighted by Gasteiger charge is 2.16. The van der Waals surface area contributed by atoms with Crippen molar-refractivity contribution in [2.75, 3.05) is 6.54 Å². The number of benzene rings is 1. The minimum Gasteiger partial charge on any atom is -0.364 e. The fourth-order valence-corrected chi connectivity index (χ4v) is 2.74. The van der Waals surface area contributed by atoms with Crippen molar-refractivity contribution in [3.63, 3.8) is 0 Å². The predicted molar refractivity (Wildman–Crippen MR) is 74.3 cm³/mol. The van der Waals surface area contributed by atoms with Crippen LogP contribution in [0.15, 0.2) is 39.9 Å². The molecule has 0 bridgehead atoms. The van der Waals surface area contributed by atoms with E-state index < -0.39 is 15.8 Å². The number of sulfonamides is 1. The summed E-state index contributed by atoms with van der Waals surface area (Å²) in [5.74, 6) is -0.439. The lowest BCUT2D eigenvalue weighted by molar-refractivity contribution is 0.411. The molecule has 6 nitrogen and oxygen atoms in total. The molecule has 0 atom stereocenters. The highest BCUT2D eigenvalue weighted by atomic mass is 32.2. The molecule has 8 heteroatoms. The molecule has 0 spiro atoms. The molecule has 0 unspecified atom stereocenters. The van der Waals surface area contributed by atoms with Gasteiger partial charge in [0, 0.05) is 18.2 Å².